The molecular formula is C12H18N2. The topological polar surface area (TPSA) is 29.3 Å². The summed E-state index contributed by atoms with van der Waals surface area (Å²) >= 11 is 0. The van der Waals surface area contributed by atoms with Crippen LogP contribution in [0.1, 0.15) is 31.9 Å². The van der Waals surface area contributed by atoms with Gasteiger partial charge < -0.3 is 5.73 Å². The van der Waals surface area contributed by atoms with Gasteiger partial charge >= 0.3 is 0 Å². The molecule has 76 valence electrons. The third-order valence-corrected chi connectivity index (χ3v) is 3.29. The molecular weight excluding hydrogens is 172 g/mol. The smallest absolute Gasteiger partial charge is 0.0322 e. The van der Waals surface area contributed by atoms with Crippen LogP contribution in [0, 0.1) is 0 Å². The summed E-state index contributed by atoms with van der Waals surface area (Å²) in [6.45, 7) is 5.78. The molecule has 0 aliphatic carbocycles. The van der Waals surface area contributed by atoms with Gasteiger partial charge in [0.25, 0.3) is 0 Å². The Morgan fingerprint density at radius 2 is 2.00 bits per heavy atom. The highest BCUT2D eigenvalue weighted by Gasteiger charge is 2.28. The summed E-state index contributed by atoms with van der Waals surface area (Å²) in [7, 11) is 0. The molecule has 1 fully saturated rings. The van der Waals surface area contributed by atoms with Gasteiger partial charge in [0.15, 0.2) is 0 Å². The first-order valence-electron chi connectivity index (χ1n) is 5.29. The number of benzene rings is 1. The van der Waals surface area contributed by atoms with Gasteiger partial charge in [0, 0.05) is 24.3 Å². The number of nitrogens with zero attached hydrogens (tertiary/aromatic N) is 1. The first-order chi connectivity index (χ1) is 6.68. The van der Waals surface area contributed by atoms with Crippen LogP contribution < -0.4 is 5.73 Å². The van der Waals surface area contributed by atoms with Gasteiger partial charge in [0.05, 0.1) is 0 Å². The van der Waals surface area contributed by atoms with E-state index in [1.807, 2.05) is 12.1 Å². The molecule has 1 aromatic carbocycles. The van der Waals surface area contributed by atoms with Crippen molar-refractivity contribution in [1.82, 2.24) is 4.90 Å². The molecule has 1 aliphatic heterocycles. The standard InChI is InChI=1S/C12H18N2/c1-9-7-8-14(9)10(2)11-3-5-12(13)6-4-11/h3-6,9-10H,7-8,13H2,1-2H3. The maximum Gasteiger partial charge on any atom is 0.0322 e. The van der Waals surface area contributed by atoms with Crippen molar-refractivity contribution in [1.29, 1.82) is 0 Å². The average molecular weight is 190 g/mol. The second-order valence-corrected chi connectivity index (χ2v) is 4.22. The molecule has 0 saturated carbocycles. The summed E-state index contributed by atoms with van der Waals surface area (Å²) in [5.41, 5.74) is 7.87. The fourth-order valence-corrected chi connectivity index (χ4v) is 2.08. The summed E-state index contributed by atoms with van der Waals surface area (Å²) in [6.07, 6.45) is 1.33. The average Bonchev–Trinajstić information content (AvgIpc) is 2.16. The van der Waals surface area contributed by atoms with E-state index in [0.717, 1.165) is 11.7 Å². The molecule has 0 amide bonds. The van der Waals surface area contributed by atoms with Crippen molar-refractivity contribution in [3.8, 4) is 0 Å². The third kappa shape index (κ3) is 1.62. The predicted octanol–water partition coefficient (Wildman–Crippen LogP) is 2.42. The van der Waals surface area contributed by atoms with Crippen LogP contribution in [0.3, 0.4) is 0 Å². The van der Waals surface area contributed by atoms with Crippen LogP contribution >= 0.6 is 0 Å². The number of likely N-dealkylation sites (tertiary alicyclic amines) is 1. The highest BCUT2D eigenvalue weighted by molar-refractivity contribution is 5.40. The molecule has 0 aromatic heterocycles. The van der Waals surface area contributed by atoms with E-state index in [9.17, 15) is 0 Å². The summed E-state index contributed by atoms with van der Waals surface area (Å²) in [4.78, 5) is 2.52. The third-order valence-electron chi connectivity index (χ3n) is 3.29. The van der Waals surface area contributed by atoms with E-state index >= 15 is 0 Å². The highest BCUT2D eigenvalue weighted by atomic mass is 15.2. The van der Waals surface area contributed by atoms with Crippen LogP contribution in [0.4, 0.5) is 5.69 Å². The molecule has 2 nitrogen and oxygen atoms in total. The Balaban J connectivity index is 2.10. The van der Waals surface area contributed by atoms with Crippen LogP contribution in [-0.4, -0.2) is 17.5 Å². The molecule has 2 N–H and O–H groups in total. The Morgan fingerprint density at radius 1 is 1.36 bits per heavy atom. The van der Waals surface area contributed by atoms with Gasteiger partial charge in [-0.15, -0.1) is 0 Å². The van der Waals surface area contributed by atoms with Crippen molar-refractivity contribution < 1.29 is 0 Å². The summed E-state index contributed by atoms with van der Waals surface area (Å²) in [5.74, 6) is 0. The number of hydrogen-bond donors (Lipinski definition) is 1. The lowest BCUT2D eigenvalue weighted by Crippen LogP contribution is -2.46. The van der Waals surface area contributed by atoms with Crippen molar-refractivity contribution >= 4 is 5.69 Å². The van der Waals surface area contributed by atoms with Gasteiger partial charge in [-0.3, -0.25) is 4.90 Å². The molecule has 1 aromatic rings. The van der Waals surface area contributed by atoms with Gasteiger partial charge in [-0.25, -0.2) is 0 Å². The largest absolute Gasteiger partial charge is 0.399 e. The molecule has 14 heavy (non-hydrogen) atoms. The molecule has 2 atom stereocenters. The molecule has 2 unspecified atom stereocenters. The maximum absolute atomic E-state index is 5.66. The van der Waals surface area contributed by atoms with Crippen molar-refractivity contribution in [2.75, 3.05) is 12.3 Å². The van der Waals surface area contributed by atoms with Crippen LogP contribution in [0.15, 0.2) is 24.3 Å². The van der Waals surface area contributed by atoms with Crippen LogP contribution in [-0.2, 0) is 0 Å². The quantitative estimate of drug-likeness (QED) is 0.726. The fourth-order valence-electron chi connectivity index (χ4n) is 2.08. The SMILES string of the molecule is CC1CCN1C(C)c1ccc(N)cc1. The van der Waals surface area contributed by atoms with E-state index < -0.39 is 0 Å². The lowest BCUT2D eigenvalue weighted by atomic mass is 9.97. The van der Waals surface area contributed by atoms with Gasteiger partial charge in [0.1, 0.15) is 0 Å². The number of rotatable bonds is 2. The molecule has 2 rings (SSSR count). The normalized spacial score (nSPS) is 24.3. The lowest BCUT2D eigenvalue weighted by Gasteiger charge is -2.43. The predicted molar refractivity (Wildman–Crippen MR) is 60.1 cm³/mol. The Hall–Kier alpha value is -1.02. The molecule has 0 spiro atoms. The summed E-state index contributed by atoms with van der Waals surface area (Å²) in [6, 6.07) is 9.49. The lowest BCUT2D eigenvalue weighted by molar-refractivity contribution is 0.0605. The summed E-state index contributed by atoms with van der Waals surface area (Å²) < 4.78 is 0. The molecule has 0 radical (unpaired) electrons. The zero-order valence-electron chi connectivity index (χ0n) is 8.90. The Kier molecular flexibility index (Phi) is 2.46. The van der Waals surface area contributed by atoms with Crippen molar-refractivity contribution in [2.24, 2.45) is 0 Å². The van der Waals surface area contributed by atoms with E-state index in [2.05, 4.69) is 30.9 Å². The number of nitrogen functional groups attached to an aromatic ring is 1. The van der Waals surface area contributed by atoms with Crippen molar-refractivity contribution in [3.05, 3.63) is 29.8 Å². The van der Waals surface area contributed by atoms with E-state index in [0.29, 0.717) is 6.04 Å². The van der Waals surface area contributed by atoms with Crippen LogP contribution in [0.25, 0.3) is 0 Å². The monoisotopic (exact) mass is 190 g/mol. The minimum absolute atomic E-state index is 0.527. The zero-order chi connectivity index (χ0) is 10.1. The highest BCUT2D eigenvalue weighted by Crippen LogP contribution is 2.29. The van der Waals surface area contributed by atoms with E-state index in [1.165, 1.54) is 18.5 Å². The minimum atomic E-state index is 0.527. The van der Waals surface area contributed by atoms with Gasteiger partial charge in [0.2, 0.25) is 0 Å². The number of anilines is 1. The summed E-state index contributed by atoms with van der Waals surface area (Å²) in [5, 5.41) is 0. The van der Waals surface area contributed by atoms with Crippen molar-refractivity contribution in [2.45, 2.75) is 32.4 Å². The van der Waals surface area contributed by atoms with Crippen LogP contribution in [0.2, 0.25) is 0 Å². The minimum Gasteiger partial charge on any atom is -0.399 e. The first kappa shape index (κ1) is 9.53. The molecule has 1 saturated heterocycles. The zero-order valence-corrected chi connectivity index (χ0v) is 8.90. The second kappa shape index (κ2) is 3.62. The number of hydrogen-bond acceptors (Lipinski definition) is 2. The van der Waals surface area contributed by atoms with E-state index in [1.54, 1.807) is 0 Å². The van der Waals surface area contributed by atoms with Crippen LogP contribution in [0.5, 0.6) is 0 Å². The molecule has 1 aliphatic rings. The fraction of sp³-hybridized carbons (Fsp3) is 0.500. The van der Waals surface area contributed by atoms with Gasteiger partial charge in [-0.2, -0.15) is 0 Å². The molecule has 1 heterocycles. The Morgan fingerprint density at radius 3 is 2.43 bits per heavy atom. The number of nitrogens with two attached hydrogens (primary N) is 1. The van der Waals surface area contributed by atoms with Gasteiger partial charge in [-0.1, -0.05) is 12.1 Å². The molecule has 0 bridgehead atoms. The molecule has 2 heteroatoms. The van der Waals surface area contributed by atoms with E-state index in [4.69, 9.17) is 5.73 Å². The van der Waals surface area contributed by atoms with E-state index in [-0.39, 0.29) is 0 Å². The Labute approximate surface area is 85.7 Å². The Bertz CT molecular complexity index is 305. The van der Waals surface area contributed by atoms with Crippen molar-refractivity contribution in [3.63, 3.8) is 0 Å². The van der Waals surface area contributed by atoms with Gasteiger partial charge in [-0.05, 0) is 38.0 Å². The maximum atomic E-state index is 5.66. The second-order valence-electron chi connectivity index (χ2n) is 4.22. The first-order valence-corrected chi connectivity index (χ1v) is 5.29.